The largest absolute Gasteiger partial charge is 0.496 e. The Morgan fingerprint density at radius 3 is 2.28 bits per heavy atom. The van der Waals surface area contributed by atoms with E-state index in [1.807, 2.05) is 42.5 Å². The van der Waals surface area contributed by atoms with E-state index in [4.69, 9.17) is 4.74 Å². The summed E-state index contributed by atoms with van der Waals surface area (Å²) in [6.07, 6.45) is 3.78. The number of sulfonamides is 1. The van der Waals surface area contributed by atoms with Gasteiger partial charge in [-0.2, -0.15) is 4.31 Å². The SMILES string of the molecule is COc1ccc(S(=O)(=O)N2CCCCCC2)cc1C(=O)N(C)c1ccc2ccccc2c1. The maximum atomic E-state index is 13.4. The molecule has 4 rings (SSSR count). The molecule has 1 amide bonds. The fourth-order valence-corrected chi connectivity index (χ4v) is 5.67. The summed E-state index contributed by atoms with van der Waals surface area (Å²) in [6.45, 7) is 1.02. The lowest BCUT2D eigenvalue weighted by atomic mass is 10.1. The fraction of sp³-hybridized carbons (Fsp3) is 0.320. The summed E-state index contributed by atoms with van der Waals surface area (Å²) in [4.78, 5) is 15.1. The third-order valence-corrected chi connectivity index (χ3v) is 7.92. The van der Waals surface area contributed by atoms with Crippen LogP contribution < -0.4 is 9.64 Å². The second kappa shape index (κ2) is 9.30. The van der Waals surface area contributed by atoms with E-state index in [2.05, 4.69) is 0 Å². The molecule has 1 aliphatic rings. The molecule has 0 N–H and O–H groups in total. The lowest BCUT2D eigenvalue weighted by Crippen LogP contribution is -2.32. The van der Waals surface area contributed by atoms with Crippen LogP contribution in [-0.2, 0) is 10.0 Å². The Labute approximate surface area is 189 Å². The Kier molecular flexibility index (Phi) is 6.48. The van der Waals surface area contributed by atoms with Crippen molar-refractivity contribution in [1.29, 1.82) is 0 Å². The minimum Gasteiger partial charge on any atom is -0.496 e. The minimum atomic E-state index is -3.68. The molecule has 3 aromatic rings. The number of amides is 1. The van der Waals surface area contributed by atoms with Gasteiger partial charge in [0.2, 0.25) is 10.0 Å². The predicted octanol–water partition coefficient (Wildman–Crippen LogP) is 4.69. The molecule has 0 bridgehead atoms. The molecule has 0 radical (unpaired) electrons. The van der Waals surface area contributed by atoms with Crippen LogP contribution >= 0.6 is 0 Å². The van der Waals surface area contributed by atoms with Crippen molar-refractivity contribution in [3.05, 3.63) is 66.2 Å². The topological polar surface area (TPSA) is 66.9 Å². The summed E-state index contributed by atoms with van der Waals surface area (Å²) in [7, 11) is -0.519. The smallest absolute Gasteiger partial charge is 0.261 e. The Bertz CT molecular complexity index is 1230. The monoisotopic (exact) mass is 452 g/mol. The zero-order chi connectivity index (χ0) is 22.7. The second-order valence-electron chi connectivity index (χ2n) is 8.08. The van der Waals surface area contributed by atoms with E-state index in [0.717, 1.165) is 42.1 Å². The number of hydrogen-bond donors (Lipinski definition) is 0. The molecule has 7 heteroatoms. The van der Waals surface area contributed by atoms with Gasteiger partial charge in [-0.25, -0.2) is 8.42 Å². The molecule has 168 valence electrons. The second-order valence-corrected chi connectivity index (χ2v) is 10.0. The lowest BCUT2D eigenvalue weighted by Gasteiger charge is -2.22. The first-order chi connectivity index (χ1) is 15.4. The molecule has 1 fully saturated rings. The van der Waals surface area contributed by atoms with Gasteiger partial charge in [-0.3, -0.25) is 4.79 Å². The van der Waals surface area contributed by atoms with E-state index in [1.54, 1.807) is 13.1 Å². The third kappa shape index (κ3) is 4.36. The molecular weight excluding hydrogens is 424 g/mol. The number of fused-ring (bicyclic) bond motifs is 1. The third-order valence-electron chi connectivity index (χ3n) is 6.03. The number of rotatable bonds is 5. The highest BCUT2D eigenvalue weighted by Gasteiger charge is 2.28. The number of hydrogen-bond acceptors (Lipinski definition) is 4. The Hall–Kier alpha value is -2.90. The summed E-state index contributed by atoms with van der Waals surface area (Å²) < 4.78 is 33.5. The van der Waals surface area contributed by atoms with Crippen molar-refractivity contribution >= 4 is 32.4 Å². The lowest BCUT2D eigenvalue weighted by molar-refractivity contribution is 0.0990. The van der Waals surface area contributed by atoms with Crippen molar-refractivity contribution in [3.63, 3.8) is 0 Å². The number of carbonyl (C=O) groups is 1. The van der Waals surface area contributed by atoms with Crippen LogP contribution in [-0.4, -0.2) is 45.9 Å². The van der Waals surface area contributed by atoms with Crippen molar-refractivity contribution in [2.24, 2.45) is 0 Å². The molecule has 32 heavy (non-hydrogen) atoms. The molecular formula is C25H28N2O4S. The van der Waals surface area contributed by atoms with Gasteiger partial charge in [0.05, 0.1) is 17.6 Å². The van der Waals surface area contributed by atoms with Crippen LogP contribution in [0.3, 0.4) is 0 Å². The van der Waals surface area contributed by atoms with Crippen molar-refractivity contribution in [2.45, 2.75) is 30.6 Å². The molecule has 0 aliphatic carbocycles. The quantitative estimate of drug-likeness (QED) is 0.563. The molecule has 0 spiro atoms. The number of nitrogens with zero attached hydrogens (tertiary/aromatic N) is 2. The predicted molar refractivity (Wildman–Crippen MR) is 127 cm³/mol. The van der Waals surface area contributed by atoms with Crippen molar-refractivity contribution in [3.8, 4) is 5.75 Å². The first-order valence-corrected chi connectivity index (χ1v) is 12.3. The van der Waals surface area contributed by atoms with Crippen molar-refractivity contribution < 1.29 is 17.9 Å². The highest BCUT2D eigenvalue weighted by atomic mass is 32.2. The molecule has 0 saturated carbocycles. The number of benzene rings is 3. The van der Waals surface area contributed by atoms with Crippen molar-refractivity contribution in [1.82, 2.24) is 4.31 Å². The summed E-state index contributed by atoms with van der Waals surface area (Å²) in [6, 6.07) is 18.2. The van der Waals surface area contributed by atoms with E-state index in [1.165, 1.54) is 28.4 Å². The van der Waals surface area contributed by atoms with Gasteiger partial charge >= 0.3 is 0 Å². The van der Waals surface area contributed by atoms with Gasteiger partial charge in [0.1, 0.15) is 5.75 Å². The zero-order valence-electron chi connectivity index (χ0n) is 18.5. The molecule has 0 unspecified atom stereocenters. The van der Waals surface area contributed by atoms with Gasteiger partial charge in [0.15, 0.2) is 0 Å². The molecule has 0 atom stereocenters. The molecule has 1 aliphatic heterocycles. The van der Waals surface area contributed by atoms with Gasteiger partial charge in [0.25, 0.3) is 5.91 Å². The first-order valence-electron chi connectivity index (χ1n) is 10.9. The highest BCUT2D eigenvalue weighted by Crippen LogP contribution is 2.29. The molecule has 1 heterocycles. The van der Waals surface area contributed by atoms with E-state index in [0.29, 0.717) is 18.8 Å². The molecule has 0 aromatic heterocycles. The van der Waals surface area contributed by atoms with Crippen LogP contribution in [0, 0.1) is 0 Å². The Morgan fingerprint density at radius 2 is 1.59 bits per heavy atom. The first kappa shape index (κ1) is 22.3. The molecule has 6 nitrogen and oxygen atoms in total. The van der Waals surface area contributed by atoms with Crippen LogP contribution in [0.1, 0.15) is 36.0 Å². The maximum Gasteiger partial charge on any atom is 0.261 e. The minimum absolute atomic E-state index is 0.121. The summed E-state index contributed by atoms with van der Waals surface area (Å²) >= 11 is 0. The molecule has 1 saturated heterocycles. The fourth-order valence-electron chi connectivity index (χ4n) is 4.13. The number of methoxy groups -OCH3 is 1. The standard InChI is InChI=1S/C25H28N2O4S/c1-26(21-12-11-19-9-5-6-10-20(19)17-21)25(28)23-18-22(13-14-24(23)31-2)32(29,30)27-15-7-3-4-8-16-27/h5-6,9-14,17-18H,3-4,7-8,15-16H2,1-2H3. The normalized spacial score (nSPS) is 15.3. The average Bonchev–Trinajstić information content (AvgIpc) is 3.12. The van der Waals surface area contributed by atoms with Crippen LogP contribution in [0.4, 0.5) is 5.69 Å². The van der Waals surface area contributed by atoms with E-state index < -0.39 is 10.0 Å². The van der Waals surface area contributed by atoms with Crippen LogP contribution in [0.2, 0.25) is 0 Å². The van der Waals surface area contributed by atoms with Gasteiger partial charge in [-0.05, 0) is 53.9 Å². The summed E-state index contributed by atoms with van der Waals surface area (Å²) in [5, 5.41) is 2.11. The van der Waals surface area contributed by atoms with Crippen LogP contribution in [0.5, 0.6) is 5.75 Å². The van der Waals surface area contributed by atoms with E-state index in [9.17, 15) is 13.2 Å². The van der Waals surface area contributed by atoms with E-state index in [-0.39, 0.29) is 16.4 Å². The number of ether oxygens (including phenoxy) is 1. The van der Waals surface area contributed by atoms with Gasteiger partial charge in [-0.15, -0.1) is 0 Å². The average molecular weight is 453 g/mol. The Morgan fingerprint density at radius 1 is 0.906 bits per heavy atom. The zero-order valence-corrected chi connectivity index (χ0v) is 19.3. The number of anilines is 1. The maximum absolute atomic E-state index is 13.4. The van der Waals surface area contributed by atoms with E-state index >= 15 is 0 Å². The molecule has 3 aromatic carbocycles. The summed E-state index contributed by atoms with van der Waals surface area (Å²) in [5.74, 6) is 0.0162. The summed E-state index contributed by atoms with van der Waals surface area (Å²) in [5.41, 5.74) is 0.940. The van der Waals surface area contributed by atoms with Gasteiger partial charge in [-0.1, -0.05) is 43.2 Å². The highest BCUT2D eigenvalue weighted by molar-refractivity contribution is 7.89. The van der Waals surface area contributed by atoms with Crippen molar-refractivity contribution in [2.75, 3.05) is 32.1 Å². The van der Waals surface area contributed by atoms with Crippen LogP contribution in [0.15, 0.2) is 65.6 Å². The van der Waals surface area contributed by atoms with Gasteiger partial charge < -0.3 is 9.64 Å². The number of carbonyl (C=O) groups excluding carboxylic acids is 1. The van der Waals surface area contributed by atoms with Crippen LogP contribution in [0.25, 0.3) is 10.8 Å². The Balaban J connectivity index is 1.69. The van der Waals surface area contributed by atoms with Gasteiger partial charge in [0, 0.05) is 25.8 Å².